The molecule has 1 amide bonds. The lowest BCUT2D eigenvalue weighted by Crippen LogP contribution is -2.48. The molecule has 17 heavy (non-hydrogen) atoms. The monoisotopic (exact) mass is 230 g/mol. The zero-order valence-corrected chi connectivity index (χ0v) is 10.2. The van der Waals surface area contributed by atoms with Crippen molar-refractivity contribution in [3.8, 4) is 0 Å². The van der Waals surface area contributed by atoms with Crippen LogP contribution in [0.5, 0.6) is 0 Å². The van der Waals surface area contributed by atoms with E-state index in [1.54, 1.807) is 0 Å². The van der Waals surface area contributed by atoms with Gasteiger partial charge in [-0.25, -0.2) is 0 Å². The van der Waals surface area contributed by atoms with Crippen molar-refractivity contribution < 1.29 is 4.79 Å². The predicted molar refractivity (Wildman–Crippen MR) is 68.0 cm³/mol. The molecule has 1 aliphatic carbocycles. The lowest BCUT2D eigenvalue weighted by atomic mass is 9.97. The summed E-state index contributed by atoms with van der Waals surface area (Å²) in [5.74, 6) is 0.118. The molecule has 1 heterocycles. The standard InChI is InChI=1S/C14H18N2O/c1-10-4-2-5-11-6-3-9-16(12(10)11)13(17)14(15)7-8-14/h2,4-5H,3,6-9,15H2,1H3. The molecule has 3 heteroatoms. The number of benzene rings is 1. The van der Waals surface area contributed by atoms with E-state index in [1.165, 1.54) is 11.1 Å². The Morgan fingerprint density at radius 3 is 2.88 bits per heavy atom. The van der Waals surface area contributed by atoms with Crippen LogP contribution in [-0.2, 0) is 11.2 Å². The van der Waals surface area contributed by atoms with Crippen LogP contribution in [0, 0.1) is 6.92 Å². The number of fused-ring (bicyclic) bond motifs is 1. The highest BCUT2D eigenvalue weighted by molar-refractivity contribution is 6.03. The molecule has 3 nitrogen and oxygen atoms in total. The largest absolute Gasteiger partial charge is 0.317 e. The second-order valence-corrected chi connectivity index (χ2v) is 5.30. The van der Waals surface area contributed by atoms with Gasteiger partial charge in [-0.15, -0.1) is 0 Å². The van der Waals surface area contributed by atoms with E-state index < -0.39 is 5.54 Å². The number of anilines is 1. The van der Waals surface area contributed by atoms with Gasteiger partial charge >= 0.3 is 0 Å². The first-order valence-electron chi connectivity index (χ1n) is 6.31. The Morgan fingerprint density at radius 1 is 1.41 bits per heavy atom. The van der Waals surface area contributed by atoms with E-state index in [9.17, 15) is 4.79 Å². The highest BCUT2D eigenvalue weighted by Crippen LogP contribution is 2.38. The third-order valence-corrected chi connectivity index (χ3v) is 3.88. The SMILES string of the molecule is Cc1cccc2c1N(C(=O)C1(N)CC1)CCC2. The van der Waals surface area contributed by atoms with Gasteiger partial charge in [-0.2, -0.15) is 0 Å². The van der Waals surface area contributed by atoms with Gasteiger partial charge in [0.1, 0.15) is 0 Å². The highest BCUT2D eigenvalue weighted by Gasteiger charge is 2.49. The molecule has 0 unspecified atom stereocenters. The second-order valence-electron chi connectivity index (χ2n) is 5.30. The summed E-state index contributed by atoms with van der Waals surface area (Å²) in [6.07, 6.45) is 3.78. The van der Waals surface area contributed by atoms with Crippen LogP contribution in [0.2, 0.25) is 0 Å². The fourth-order valence-corrected chi connectivity index (χ4v) is 2.67. The minimum atomic E-state index is -0.559. The highest BCUT2D eigenvalue weighted by atomic mass is 16.2. The third-order valence-electron chi connectivity index (χ3n) is 3.88. The Bertz CT molecular complexity index is 477. The van der Waals surface area contributed by atoms with Crippen LogP contribution in [0.4, 0.5) is 5.69 Å². The number of hydrogen-bond donors (Lipinski definition) is 1. The van der Waals surface area contributed by atoms with Crippen LogP contribution < -0.4 is 10.6 Å². The van der Waals surface area contributed by atoms with Crippen molar-refractivity contribution in [2.75, 3.05) is 11.4 Å². The summed E-state index contributed by atoms with van der Waals surface area (Å²) in [6, 6.07) is 6.26. The normalized spacial score (nSPS) is 20.9. The molecular formula is C14H18N2O. The number of carbonyl (C=O) groups excluding carboxylic acids is 1. The number of carbonyl (C=O) groups is 1. The minimum Gasteiger partial charge on any atom is -0.317 e. The Hall–Kier alpha value is -1.35. The summed E-state index contributed by atoms with van der Waals surface area (Å²) in [5, 5.41) is 0. The van der Waals surface area contributed by atoms with Gasteiger partial charge < -0.3 is 10.6 Å². The maximum Gasteiger partial charge on any atom is 0.247 e. The van der Waals surface area contributed by atoms with Crippen molar-refractivity contribution in [1.82, 2.24) is 0 Å². The fraction of sp³-hybridized carbons (Fsp3) is 0.500. The smallest absolute Gasteiger partial charge is 0.247 e. The maximum atomic E-state index is 12.4. The number of rotatable bonds is 1. The van der Waals surface area contributed by atoms with Gasteiger partial charge in [0, 0.05) is 12.2 Å². The van der Waals surface area contributed by atoms with Gasteiger partial charge in [0.05, 0.1) is 5.54 Å². The Balaban J connectivity index is 2.02. The zero-order chi connectivity index (χ0) is 12.0. The summed E-state index contributed by atoms with van der Waals surface area (Å²) < 4.78 is 0. The lowest BCUT2D eigenvalue weighted by Gasteiger charge is -2.32. The molecule has 3 rings (SSSR count). The van der Waals surface area contributed by atoms with Crippen LogP contribution in [-0.4, -0.2) is 18.0 Å². The van der Waals surface area contributed by atoms with Crippen LogP contribution in [0.1, 0.15) is 30.4 Å². The van der Waals surface area contributed by atoms with E-state index in [0.717, 1.165) is 37.9 Å². The predicted octanol–water partition coefficient (Wildman–Crippen LogP) is 1.77. The van der Waals surface area contributed by atoms with Crippen molar-refractivity contribution in [3.05, 3.63) is 29.3 Å². The van der Waals surface area contributed by atoms with Crippen molar-refractivity contribution in [2.24, 2.45) is 5.73 Å². The van der Waals surface area contributed by atoms with E-state index in [4.69, 9.17) is 5.73 Å². The lowest BCUT2D eigenvalue weighted by molar-refractivity contribution is -0.120. The van der Waals surface area contributed by atoms with Gasteiger partial charge in [0.2, 0.25) is 5.91 Å². The molecule has 0 radical (unpaired) electrons. The third kappa shape index (κ3) is 1.65. The summed E-state index contributed by atoms with van der Waals surface area (Å²) in [7, 11) is 0. The number of para-hydroxylation sites is 1. The van der Waals surface area contributed by atoms with E-state index in [0.29, 0.717) is 0 Å². The summed E-state index contributed by atoms with van der Waals surface area (Å²) in [6.45, 7) is 2.89. The molecule has 0 spiro atoms. The van der Waals surface area contributed by atoms with Crippen LogP contribution >= 0.6 is 0 Å². The van der Waals surface area contributed by atoms with Crippen molar-refractivity contribution >= 4 is 11.6 Å². The van der Waals surface area contributed by atoms with E-state index in [-0.39, 0.29) is 5.91 Å². The number of nitrogens with two attached hydrogens (primary N) is 1. The minimum absolute atomic E-state index is 0.118. The number of nitrogens with zero attached hydrogens (tertiary/aromatic N) is 1. The van der Waals surface area contributed by atoms with Gasteiger partial charge in [0.15, 0.2) is 0 Å². The first-order valence-corrected chi connectivity index (χ1v) is 6.31. The molecule has 1 aliphatic heterocycles. The molecule has 1 aromatic rings. The topological polar surface area (TPSA) is 46.3 Å². The number of aryl methyl sites for hydroxylation is 2. The van der Waals surface area contributed by atoms with Crippen molar-refractivity contribution in [1.29, 1.82) is 0 Å². The fourth-order valence-electron chi connectivity index (χ4n) is 2.67. The van der Waals surface area contributed by atoms with Gasteiger partial charge in [0.25, 0.3) is 0 Å². The molecule has 1 aromatic carbocycles. The Kier molecular flexibility index (Phi) is 2.26. The molecule has 0 saturated heterocycles. The number of hydrogen-bond acceptors (Lipinski definition) is 2. The summed E-state index contributed by atoms with van der Waals surface area (Å²) >= 11 is 0. The van der Waals surface area contributed by atoms with Crippen molar-refractivity contribution in [3.63, 3.8) is 0 Å². The molecule has 0 aromatic heterocycles. The first kappa shape index (κ1) is 10.8. The molecule has 0 atom stereocenters. The van der Waals surface area contributed by atoms with Crippen molar-refractivity contribution in [2.45, 2.75) is 38.1 Å². The molecule has 1 saturated carbocycles. The molecule has 2 N–H and O–H groups in total. The first-order chi connectivity index (χ1) is 8.12. The molecule has 90 valence electrons. The summed E-state index contributed by atoms with van der Waals surface area (Å²) in [4.78, 5) is 14.3. The Labute approximate surface area is 102 Å². The zero-order valence-electron chi connectivity index (χ0n) is 10.2. The quantitative estimate of drug-likeness (QED) is 0.799. The second kappa shape index (κ2) is 3.57. The van der Waals surface area contributed by atoms with Gasteiger partial charge in [-0.1, -0.05) is 18.2 Å². The van der Waals surface area contributed by atoms with E-state index in [2.05, 4.69) is 25.1 Å². The summed E-state index contributed by atoms with van der Waals surface area (Å²) in [5.41, 5.74) is 9.06. The molecule has 1 fully saturated rings. The van der Waals surface area contributed by atoms with E-state index in [1.807, 2.05) is 4.90 Å². The average molecular weight is 230 g/mol. The van der Waals surface area contributed by atoms with Crippen LogP contribution in [0.3, 0.4) is 0 Å². The molecule has 2 aliphatic rings. The molecular weight excluding hydrogens is 212 g/mol. The Morgan fingerprint density at radius 2 is 2.18 bits per heavy atom. The molecule has 0 bridgehead atoms. The van der Waals surface area contributed by atoms with E-state index >= 15 is 0 Å². The van der Waals surface area contributed by atoms with Gasteiger partial charge in [-0.05, 0) is 43.7 Å². The van der Waals surface area contributed by atoms with Crippen LogP contribution in [0.25, 0.3) is 0 Å². The number of amides is 1. The van der Waals surface area contributed by atoms with Crippen LogP contribution in [0.15, 0.2) is 18.2 Å². The average Bonchev–Trinajstić information content (AvgIpc) is 3.07. The maximum absolute atomic E-state index is 12.4. The van der Waals surface area contributed by atoms with Gasteiger partial charge in [-0.3, -0.25) is 4.79 Å².